The molecule has 0 spiro atoms. The topological polar surface area (TPSA) is 32.3 Å². The van der Waals surface area contributed by atoms with Gasteiger partial charge in [0.25, 0.3) is 0 Å². The van der Waals surface area contributed by atoms with E-state index in [1.165, 1.54) is 5.56 Å². The molecule has 1 aliphatic carbocycles. The summed E-state index contributed by atoms with van der Waals surface area (Å²) >= 11 is 6.19. The van der Waals surface area contributed by atoms with Crippen molar-refractivity contribution in [3.63, 3.8) is 0 Å². The fourth-order valence-electron chi connectivity index (χ4n) is 2.33. The third kappa shape index (κ3) is 3.25. The molecule has 1 aromatic carbocycles. The number of halogens is 1. The Hall–Kier alpha value is -0.570. The van der Waals surface area contributed by atoms with Crippen LogP contribution in [-0.2, 0) is 0 Å². The van der Waals surface area contributed by atoms with Crippen LogP contribution in [0.4, 0.5) is 0 Å². The molecule has 2 rings (SSSR count). The van der Waals surface area contributed by atoms with Crippen LogP contribution in [0.25, 0.3) is 0 Å². The summed E-state index contributed by atoms with van der Waals surface area (Å²) in [6, 6.07) is 8.61. The summed E-state index contributed by atoms with van der Waals surface area (Å²) in [5.74, 6) is 0.572. The Labute approximate surface area is 114 Å². The summed E-state index contributed by atoms with van der Waals surface area (Å²) in [6.45, 7) is 4.56. The standard InChI is InChI=1S/C15H22ClNO/c1-3-15(2,18)10-17-12-8-11(9-12)13-6-4-5-7-14(13)16/h4-7,11-12,17-18H,3,8-10H2,1-2H3. The number of hydrogen-bond donors (Lipinski definition) is 2. The van der Waals surface area contributed by atoms with Crippen LogP contribution in [-0.4, -0.2) is 23.3 Å². The second-order valence-electron chi connectivity index (χ2n) is 5.62. The van der Waals surface area contributed by atoms with Crippen molar-refractivity contribution in [2.24, 2.45) is 0 Å². The van der Waals surface area contributed by atoms with Crippen molar-refractivity contribution in [2.75, 3.05) is 6.54 Å². The molecule has 1 atom stereocenters. The highest BCUT2D eigenvalue weighted by Crippen LogP contribution is 2.39. The van der Waals surface area contributed by atoms with Crippen molar-refractivity contribution in [2.45, 2.75) is 50.7 Å². The lowest BCUT2D eigenvalue weighted by Crippen LogP contribution is -2.47. The first kappa shape index (κ1) is 13.9. The Balaban J connectivity index is 1.79. The molecule has 1 aromatic rings. The zero-order chi connectivity index (χ0) is 13.2. The fraction of sp³-hybridized carbons (Fsp3) is 0.600. The minimum absolute atomic E-state index is 0.518. The van der Waals surface area contributed by atoms with Gasteiger partial charge < -0.3 is 10.4 Å². The predicted molar refractivity (Wildman–Crippen MR) is 76.1 cm³/mol. The molecule has 1 aliphatic rings. The number of aliphatic hydroxyl groups is 1. The Morgan fingerprint density at radius 3 is 2.67 bits per heavy atom. The maximum Gasteiger partial charge on any atom is 0.0741 e. The summed E-state index contributed by atoms with van der Waals surface area (Å²) in [7, 11) is 0. The fourth-order valence-corrected chi connectivity index (χ4v) is 2.62. The normalized spacial score (nSPS) is 26.4. The quantitative estimate of drug-likeness (QED) is 0.858. The van der Waals surface area contributed by atoms with Crippen molar-refractivity contribution in [1.82, 2.24) is 5.32 Å². The van der Waals surface area contributed by atoms with E-state index in [-0.39, 0.29) is 0 Å². The van der Waals surface area contributed by atoms with Gasteiger partial charge in [-0.25, -0.2) is 0 Å². The van der Waals surface area contributed by atoms with E-state index >= 15 is 0 Å². The van der Waals surface area contributed by atoms with Crippen molar-refractivity contribution in [3.8, 4) is 0 Å². The molecule has 18 heavy (non-hydrogen) atoms. The molecule has 0 saturated heterocycles. The second-order valence-corrected chi connectivity index (χ2v) is 6.03. The lowest BCUT2D eigenvalue weighted by Gasteiger charge is -2.38. The first-order valence-electron chi connectivity index (χ1n) is 6.72. The molecule has 0 amide bonds. The summed E-state index contributed by atoms with van der Waals surface area (Å²) in [6.07, 6.45) is 3.01. The van der Waals surface area contributed by atoms with Crippen molar-refractivity contribution in [1.29, 1.82) is 0 Å². The SMILES string of the molecule is CCC(C)(O)CNC1CC(c2ccccc2Cl)C1. The zero-order valence-electron chi connectivity index (χ0n) is 11.1. The van der Waals surface area contributed by atoms with E-state index in [1.807, 2.05) is 32.0 Å². The van der Waals surface area contributed by atoms with E-state index in [0.717, 1.165) is 24.3 Å². The maximum absolute atomic E-state index is 9.94. The van der Waals surface area contributed by atoms with Gasteiger partial charge in [-0.1, -0.05) is 36.7 Å². The summed E-state index contributed by atoms with van der Waals surface area (Å²) < 4.78 is 0. The molecule has 0 aliphatic heterocycles. The van der Waals surface area contributed by atoms with Crippen molar-refractivity contribution >= 4 is 11.6 Å². The van der Waals surface area contributed by atoms with Gasteiger partial charge in [0.1, 0.15) is 0 Å². The minimum atomic E-state index is -0.588. The van der Waals surface area contributed by atoms with Crippen LogP contribution in [0, 0.1) is 0 Å². The molecule has 2 nitrogen and oxygen atoms in total. The van der Waals surface area contributed by atoms with Gasteiger partial charge in [-0.15, -0.1) is 0 Å². The van der Waals surface area contributed by atoms with Gasteiger partial charge in [0.05, 0.1) is 5.60 Å². The van der Waals surface area contributed by atoms with Crippen molar-refractivity contribution in [3.05, 3.63) is 34.9 Å². The monoisotopic (exact) mass is 267 g/mol. The van der Waals surface area contributed by atoms with Gasteiger partial charge in [-0.2, -0.15) is 0 Å². The van der Waals surface area contributed by atoms with E-state index < -0.39 is 5.60 Å². The predicted octanol–water partition coefficient (Wildman–Crippen LogP) is 3.34. The number of rotatable bonds is 5. The van der Waals surface area contributed by atoms with Crippen LogP contribution in [0.1, 0.15) is 44.6 Å². The molecular formula is C15H22ClNO. The first-order valence-corrected chi connectivity index (χ1v) is 7.10. The van der Waals surface area contributed by atoms with Gasteiger partial charge >= 0.3 is 0 Å². The molecule has 0 bridgehead atoms. The van der Waals surface area contributed by atoms with Gasteiger partial charge in [-0.05, 0) is 43.7 Å². The number of nitrogens with one attached hydrogen (secondary N) is 1. The molecule has 2 N–H and O–H groups in total. The highest BCUT2D eigenvalue weighted by molar-refractivity contribution is 6.31. The Bertz CT molecular complexity index is 399. The van der Waals surface area contributed by atoms with Crippen LogP contribution < -0.4 is 5.32 Å². The number of benzene rings is 1. The van der Waals surface area contributed by atoms with Crippen LogP contribution in [0.5, 0.6) is 0 Å². The van der Waals surface area contributed by atoms with E-state index in [4.69, 9.17) is 11.6 Å². The molecule has 100 valence electrons. The average molecular weight is 268 g/mol. The van der Waals surface area contributed by atoms with Gasteiger partial charge in [-0.3, -0.25) is 0 Å². The molecule has 1 fully saturated rings. The van der Waals surface area contributed by atoms with Gasteiger partial charge in [0, 0.05) is 17.6 Å². The average Bonchev–Trinajstić information content (AvgIpc) is 2.29. The first-order chi connectivity index (χ1) is 8.52. The van der Waals surface area contributed by atoms with Crippen molar-refractivity contribution < 1.29 is 5.11 Å². The zero-order valence-corrected chi connectivity index (χ0v) is 11.9. The highest BCUT2D eigenvalue weighted by Gasteiger charge is 2.32. The second kappa shape index (κ2) is 5.60. The van der Waals surface area contributed by atoms with Gasteiger partial charge in [0.15, 0.2) is 0 Å². The van der Waals surface area contributed by atoms with Gasteiger partial charge in [0.2, 0.25) is 0 Å². The molecular weight excluding hydrogens is 246 g/mol. The van der Waals surface area contributed by atoms with E-state index in [0.29, 0.717) is 18.5 Å². The molecule has 0 heterocycles. The Kier molecular flexibility index (Phi) is 4.31. The minimum Gasteiger partial charge on any atom is -0.389 e. The lowest BCUT2D eigenvalue weighted by molar-refractivity contribution is 0.0482. The molecule has 3 heteroatoms. The van der Waals surface area contributed by atoms with Crippen LogP contribution in [0.3, 0.4) is 0 Å². The van der Waals surface area contributed by atoms with Crippen LogP contribution in [0.2, 0.25) is 5.02 Å². The molecule has 1 unspecified atom stereocenters. The number of hydrogen-bond acceptors (Lipinski definition) is 2. The van der Waals surface area contributed by atoms with Crippen LogP contribution in [0.15, 0.2) is 24.3 Å². The Morgan fingerprint density at radius 1 is 1.39 bits per heavy atom. The van der Waals surface area contributed by atoms with E-state index in [2.05, 4.69) is 11.4 Å². The van der Waals surface area contributed by atoms with E-state index in [1.54, 1.807) is 0 Å². The highest BCUT2D eigenvalue weighted by atomic mass is 35.5. The third-order valence-corrected chi connectivity index (χ3v) is 4.36. The maximum atomic E-state index is 9.94. The molecule has 0 aromatic heterocycles. The lowest BCUT2D eigenvalue weighted by atomic mass is 9.75. The smallest absolute Gasteiger partial charge is 0.0741 e. The summed E-state index contributed by atoms with van der Waals surface area (Å²) in [5.41, 5.74) is 0.676. The third-order valence-electron chi connectivity index (χ3n) is 4.02. The summed E-state index contributed by atoms with van der Waals surface area (Å²) in [5, 5.41) is 14.2. The summed E-state index contributed by atoms with van der Waals surface area (Å²) in [4.78, 5) is 0. The van der Waals surface area contributed by atoms with E-state index in [9.17, 15) is 5.11 Å². The van der Waals surface area contributed by atoms with Crippen LogP contribution >= 0.6 is 11.6 Å². The molecule has 0 radical (unpaired) electrons. The molecule has 1 saturated carbocycles. The largest absolute Gasteiger partial charge is 0.389 e. The Morgan fingerprint density at radius 2 is 2.06 bits per heavy atom.